The van der Waals surface area contributed by atoms with Crippen LogP contribution >= 0.6 is 0 Å². The number of aliphatic hydroxyl groups excluding tert-OH is 11. The number of ether oxygens (including phenoxy) is 6. The van der Waals surface area contributed by atoms with Crippen LogP contribution in [-0.2, 0) is 33.2 Å². The molecule has 19 nitrogen and oxygen atoms in total. The number of hydrogen-bond acceptors (Lipinski definition) is 18. The van der Waals surface area contributed by atoms with Crippen LogP contribution in [0, 0.1) is 0 Å². The van der Waals surface area contributed by atoms with E-state index in [1.807, 2.05) is 6.08 Å². The van der Waals surface area contributed by atoms with Crippen LogP contribution in [-0.4, -0.2) is 193 Å². The third-order valence-corrected chi connectivity index (χ3v) is 17.9. The molecular weight excluding hydrogens is 1260 g/mol. The number of nitrogens with one attached hydrogen (secondary N) is 1. The van der Waals surface area contributed by atoms with Crippen molar-refractivity contribution in [3.8, 4) is 0 Å². The number of aliphatic hydroxyl groups is 11. The second-order valence-corrected chi connectivity index (χ2v) is 26.4. The van der Waals surface area contributed by atoms with Gasteiger partial charge in [-0.15, -0.1) is 0 Å². The number of hydrogen-bond donors (Lipinski definition) is 12. The Kier molecular flexibility index (Phi) is 53.4. The van der Waals surface area contributed by atoms with Gasteiger partial charge in [0.05, 0.1) is 38.6 Å². The smallest absolute Gasteiger partial charge is 0.220 e. The molecule has 3 aliphatic rings. The normalized spacial score (nSPS) is 27.4. The standard InChI is InChI=1S/C80H133NO18/c1-3-5-7-9-11-13-15-17-19-20-21-22-23-24-25-26-27-28-29-30-31-32-33-34-35-36-37-38-39-40-41-42-44-46-48-50-52-54-56-58-68(86)81-63(64(85)57-55-53-51-49-47-45-43-18-16-14-12-10-8-6-4-2)62-94-78-74(92)71(89)76(66(60-83)96-78)99-80-75(93)72(90)77(67(61-84)97-80)98-79-73(91)70(88)69(87)65(59-82)95-79/h5,7,11,13,17,19,21-22,24-25,27-28,30-31,33-34,36-37,47,49,55,57,63-67,69-80,82-85,87-93H,3-4,6,8-10,12,14-16,18,20,23,26,29,32,35,38-46,48,50-54,56,58-62H2,1-2H3,(H,81,86)/b7-5-,13-11-,19-17-,22-21-,25-24-,28-27-,31-30-,34-33-,37-36-,49-47+,57-55+. The van der Waals surface area contributed by atoms with E-state index in [1.165, 1.54) is 89.9 Å². The van der Waals surface area contributed by atoms with E-state index in [4.69, 9.17) is 28.4 Å². The molecule has 0 saturated carbocycles. The minimum atomic E-state index is -1.99. The van der Waals surface area contributed by atoms with Gasteiger partial charge in [0.2, 0.25) is 5.91 Å². The second-order valence-electron chi connectivity index (χ2n) is 26.4. The topological polar surface area (TPSA) is 307 Å². The largest absolute Gasteiger partial charge is 0.394 e. The first-order valence-corrected chi connectivity index (χ1v) is 37.9. The number of amides is 1. The lowest BCUT2D eigenvalue weighted by atomic mass is 9.96. The molecule has 0 aromatic carbocycles. The maximum absolute atomic E-state index is 13.4. The highest BCUT2D eigenvalue weighted by atomic mass is 16.8. The Morgan fingerprint density at radius 2 is 0.707 bits per heavy atom. The molecule has 17 unspecified atom stereocenters. The highest BCUT2D eigenvalue weighted by molar-refractivity contribution is 5.76. The molecule has 0 spiro atoms. The maximum Gasteiger partial charge on any atom is 0.220 e. The van der Waals surface area contributed by atoms with Crippen molar-refractivity contribution < 1.29 is 89.4 Å². The van der Waals surface area contributed by atoms with Crippen LogP contribution in [0.25, 0.3) is 0 Å². The first kappa shape index (κ1) is 89.1. The van der Waals surface area contributed by atoms with Gasteiger partial charge in [0, 0.05) is 6.42 Å². The summed E-state index contributed by atoms with van der Waals surface area (Å²) in [6.45, 7) is 1.58. The average Bonchev–Trinajstić information content (AvgIpc) is 0.784. The highest BCUT2D eigenvalue weighted by Gasteiger charge is 2.53. The molecule has 12 N–H and O–H groups in total. The lowest BCUT2D eigenvalue weighted by Gasteiger charge is -2.48. The molecule has 566 valence electrons. The summed E-state index contributed by atoms with van der Waals surface area (Å²) >= 11 is 0. The van der Waals surface area contributed by atoms with Crippen LogP contribution in [0.5, 0.6) is 0 Å². The number of carbonyl (C=O) groups is 1. The summed E-state index contributed by atoms with van der Waals surface area (Å²) in [5.74, 6) is -0.294. The van der Waals surface area contributed by atoms with E-state index in [2.05, 4.69) is 141 Å². The molecule has 3 rings (SSSR count). The molecule has 0 bridgehead atoms. The van der Waals surface area contributed by atoms with Gasteiger partial charge in [-0.1, -0.05) is 257 Å². The Bertz CT molecular complexity index is 2310. The van der Waals surface area contributed by atoms with Crippen LogP contribution in [0.15, 0.2) is 134 Å². The van der Waals surface area contributed by atoms with Gasteiger partial charge < -0.3 is 89.9 Å². The van der Waals surface area contributed by atoms with Crippen molar-refractivity contribution in [3.05, 3.63) is 134 Å². The molecule has 1 amide bonds. The van der Waals surface area contributed by atoms with Gasteiger partial charge in [0.25, 0.3) is 0 Å². The summed E-state index contributed by atoms with van der Waals surface area (Å²) in [6, 6.07) is -1.00. The van der Waals surface area contributed by atoms with Crippen LogP contribution in [0.4, 0.5) is 0 Å². The molecular formula is C80H133NO18. The Labute approximate surface area is 594 Å². The molecule has 3 heterocycles. The molecule has 3 fully saturated rings. The molecule has 3 aliphatic heterocycles. The lowest BCUT2D eigenvalue weighted by Crippen LogP contribution is -2.66. The van der Waals surface area contributed by atoms with E-state index in [-0.39, 0.29) is 18.9 Å². The fourth-order valence-electron chi connectivity index (χ4n) is 11.8. The summed E-state index contributed by atoms with van der Waals surface area (Å²) in [4.78, 5) is 13.4. The average molecular weight is 1400 g/mol. The summed E-state index contributed by atoms with van der Waals surface area (Å²) < 4.78 is 34.3. The Morgan fingerprint density at radius 1 is 0.374 bits per heavy atom. The number of rotatable bonds is 57. The van der Waals surface area contributed by atoms with Gasteiger partial charge in [0.1, 0.15) is 73.2 Å². The Balaban J connectivity index is 1.34. The highest BCUT2D eigenvalue weighted by Crippen LogP contribution is 2.33. The first-order valence-electron chi connectivity index (χ1n) is 37.9. The van der Waals surface area contributed by atoms with E-state index >= 15 is 0 Å². The Hall–Kier alpha value is -4.07. The maximum atomic E-state index is 13.4. The van der Waals surface area contributed by atoms with Gasteiger partial charge in [-0.2, -0.15) is 0 Å². The van der Waals surface area contributed by atoms with E-state index < -0.39 is 124 Å². The van der Waals surface area contributed by atoms with Gasteiger partial charge >= 0.3 is 0 Å². The van der Waals surface area contributed by atoms with Crippen LogP contribution in [0.1, 0.15) is 232 Å². The quantitative estimate of drug-likeness (QED) is 0.0199. The molecule has 17 atom stereocenters. The zero-order chi connectivity index (χ0) is 71.8. The van der Waals surface area contributed by atoms with Crippen molar-refractivity contribution in [2.75, 3.05) is 26.4 Å². The van der Waals surface area contributed by atoms with Crippen molar-refractivity contribution in [1.29, 1.82) is 0 Å². The monoisotopic (exact) mass is 1400 g/mol. The predicted octanol–water partition coefficient (Wildman–Crippen LogP) is 11.7. The number of carbonyl (C=O) groups excluding carboxylic acids is 1. The SMILES string of the molecule is CC/C=C\C/C=C\C/C=C\C/C=C\C/C=C\C/C=C\C/C=C\C/C=C\C/C=C\CCCCCCCCCCCCCC(=O)NC(COC1OC(CO)C(OC2OC(CO)C(OC3OC(CO)C(O)C(O)C3O)C(O)C2O)C(O)C1O)C(O)/C=C/CC/C=C/CCCCCCCCCCC. The second kappa shape index (κ2) is 59.3. The zero-order valence-electron chi connectivity index (χ0n) is 60.2. The van der Waals surface area contributed by atoms with E-state index in [0.717, 1.165) is 109 Å². The van der Waals surface area contributed by atoms with E-state index in [1.54, 1.807) is 6.08 Å². The number of allylic oxidation sites excluding steroid dienone is 21. The summed E-state index contributed by atoms with van der Waals surface area (Å²) in [5, 5.41) is 121. The minimum Gasteiger partial charge on any atom is -0.394 e. The molecule has 3 saturated heterocycles. The van der Waals surface area contributed by atoms with Gasteiger partial charge in [-0.25, -0.2) is 0 Å². The predicted molar refractivity (Wildman–Crippen MR) is 392 cm³/mol. The molecule has 0 aliphatic carbocycles. The van der Waals surface area contributed by atoms with E-state index in [9.17, 15) is 61.0 Å². The fourth-order valence-corrected chi connectivity index (χ4v) is 11.8. The van der Waals surface area contributed by atoms with Gasteiger partial charge in [-0.05, 0) is 103 Å². The van der Waals surface area contributed by atoms with Crippen molar-refractivity contribution in [2.24, 2.45) is 0 Å². The van der Waals surface area contributed by atoms with Crippen molar-refractivity contribution >= 4 is 5.91 Å². The van der Waals surface area contributed by atoms with Crippen molar-refractivity contribution in [3.63, 3.8) is 0 Å². The molecule has 19 heteroatoms. The van der Waals surface area contributed by atoms with E-state index in [0.29, 0.717) is 12.8 Å². The first-order chi connectivity index (χ1) is 48.3. The summed E-state index contributed by atoms with van der Waals surface area (Å²) in [7, 11) is 0. The lowest BCUT2D eigenvalue weighted by molar-refractivity contribution is -0.379. The summed E-state index contributed by atoms with van der Waals surface area (Å²) in [5.41, 5.74) is 0. The third kappa shape index (κ3) is 40.0. The van der Waals surface area contributed by atoms with Crippen LogP contribution < -0.4 is 5.32 Å². The summed E-state index contributed by atoms with van der Waals surface area (Å²) in [6.07, 6.45) is 57.2. The molecule has 99 heavy (non-hydrogen) atoms. The third-order valence-electron chi connectivity index (χ3n) is 17.9. The Morgan fingerprint density at radius 3 is 1.13 bits per heavy atom. The molecule has 0 aromatic rings. The van der Waals surface area contributed by atoms with Gasteiger partial charge in [0.15, 0.2) is 18.9 Å². The minimum absolute atomic E-state index is 0.224. The fraction of sp³-hybridized carbons (Fsp3) is 0.713. The van der Waals surface area contributed by atoms with Crippen molar-refractivity contribution in [2.45, 2.75) is 336 Å². The van der Waals surface area contributed by atoms with Crippen LogP contribution in [0.2, 0.25) is 0 Å². The van der Waals surface area contributed by atoms with Gasteiger partial charge in [-0.3, -0.25) is 4.79 Å². The zero-order valence-corrected chi connectivity index (χ0v) is 60.2. The van der Waals surface area contributed by atoms with Crippen molar-refractivity contribution in [1.82, 2.24) is 5.32 Å². The van der Waals surface area contributed by atoms with Crippen LogP contribution in [0.3, 0.4) is 0 Å². The number of unbranched alkanes of at least 4 members (excludes halogenated alkanes) is 21. The molecule has 0 aromatic heterocycles. The molecule has 0 radical (unpaired) electrons.